The summed E-state index contributed by atoms with van der Waals surface area (Å²) in [7, 11) is 0. The van der Waals surface area contributed by atoms with Crippen molar-refractivity contribution in [3.05, 3.63) is 21.3 Å². The summed E-state index contributed by atoms with van der Waals surface area (Å²) >= 11 is 5.58. The second kappa shape index (κ2) is 3.62. The summed E-state index contributed by atoms with van der Waals surface area (Å²) in [5, 5.41) is 14.0. The van der Waals surface area contributed by atoms with Gasteiger partial charge in [0, 0.05) is 5.92 Å². The standard InChI is InChI=1S/C8H8ClN3O3/c9-6-3-11(10-8(6)12(14)15)4-7(13)5-1-2-5/h3,5H,1-2,4H2. The summed E-state index contributed by atoms with van der Waals surface area (Å²) in [5.41, 5.74) is 0. The molecule has 0 spiro atoms. The number of Topliss-reactive ketones (excluding diaryl/α,β-unsaturated/α-hetero) is 1. The van der Waals surface area contributed by atoms with Crippen molar-refractivity contribution in [1.82, 2.24) is 9.78 Å². The van der Waals surface area contributed by atoms with Crippen LogP contribution in [0, 0.1) is 16.0 Å². The Morgan fingerprint density at radius 3 is 2.87 bits per heavy atom. The fraction of sp³-hybridized carbons (Fsp3) is 0.500. The lowest BCUT2D eigenvalue weighted by Gasteiger charge is -1.93. The van der Waals surface area contributed by atoms with Crippen LogP contribution in [0.5, 0.6) is 0 Å². The molecule has 1 heterocycles. The van der Waals surface area contributed by atoms with E-state index >= 15 is 0 Å². The van der Waals surface area contributed by atoms with Gasteiger partial charge < -0.3 is 10.1 Å². The summed E-state index contributed by atoms with van der Waals surface area (Å²) in [6, 6.07) is 0. The van der Waals surface area contributed by atoms with Crippen molar-refractivity contribution in [2.24, 2.45) is 5.92 Å². The number of hydrogen-bond donors (Lipinski definition) is 0. The van der Waals surface area contributed by atoms with E-state index in [1.165, 1.54) is 10.9 Å². The maximum atomic E-state index is 11.4. The summed E-state index contributed by atoms with van der Waals surface area (Å²) in [6.07, 6.45) is 3.13. The molecule has 6 nitrogen and oxygen atoms in total. The van der Waals surface area contributed by atoms with Gasteiger partial charge in [0.2, 0.25) is 0 Å². The largest absolute Gasteiger partial charge is 0.408 e. The monoisotopic (exact) mass is 229 g/mol. The van der Waals surface area contributed by atoms with Crippen LogP contribution in [-0.4, -0.2) is 20.5 Å². The van der Waals surface area contributed by atoms with Crippen molar-refractivity contribution in [2.75, 3.05) is 0 Å². The van der Waals surface area contributed by atoms with Crippen LogP contribution < -0.4 is 0 Å². The summed E-state index contributed by atoms with van der Waals surface area (Å²) < 4.78 is 1.22. The summed E-state index contributed by atoms with van der Waals surface area (Å²) in [6.45, 7) is 0.0677. The van der Waals surface area contributed by atoms with Gasteiger partial charge in [-0.25, -0.2) is 0 Å². The predicted molar refractivity (Wildman–Crippen MR) is 51.6 cm³/mol. The molecule has 1 aliphatic carbocycles. The molecule has 1 aromatic heterocycles. The first kappa shape index (κ1) is 10.1. The van der Waals surface area contributed by atoms with Crippen LogP contribution in [-0.2, 0) is 11.3 Å². The Morgan fingerprint density at radius 2 is 2.40 bits per heavy atom. The van der Waals surface area contributed by atoms with Crippen molar-refractivity contribution >= 4 is 23.2 Å². The molecule has 1 fully saturated rings. The van der Waals surface area contributed by atoms with Gasteiger partial charge in [-0.1, -0.05) is 11.6 Å². The van der Waals surface area contributed by atoms with E-state index < -0.39 is 10.7 Å². The molecule has 7 heteroatoms. The van der Waals surface area contributed by atoms with Crippen LogP contribution in [0.25, 0.3) is 0 Å². The van der Waals surface area contributed by atoms with Crippen LogP contribution in [0.2, 0.25) is 5.02 Å². The Hall–Kier alpha value is -1.43. The molecule has 0 aromatic carbocycles. The van der Waals surface area contributed by atoms with E-state index in [0.29, 0.717) is 0 Å². The van der Waals surface area contributed by atoms with Gasteiger partial charge in [0.15, 0.2) is 10.8 Å². The number of nitrogens with zero attached hydrogens (tertiary/aromatic N) is 3. The molecule has 0 unspecified atom stereocenters. The van der Waals surface area contributed by atoms with E-state index in [1.54, 1.807) is 0 Å². The molecule has 1 aromatic rings. The minimum absolute atomic E-state index is 0.0383. The van der Waals surface area contributed by atoms with Crippen LogP contribution in [0.15, 0.2) is 6.20 Å². The Labute approximate surface area is 90.0 Å². The number of carbonyl (C=O) groups excluding carboxylic acids is 1. The second-order valence-corrected chi connectivity index (χ2v) is 3.90. The first-order chi connectivity index (χ1) is 7.08. The van der Waals surface area contributed by atoms with Crippen molar-refractivity contribution in [3.63, 3.8) is 0 Å². The number of hydrogen-bond acceptors (Lipinski definition) is 4. The summed E-state index contributed by atoms with van der Waals surface area (Å²) in [4.78, 5) is 21.2. The van der Waals surface area contributed by atoms with Gasteiger partial charge >= 0.3 is 5.82 Å². The Kier molecular flexibility index (Phi) is 2.44. The maximum absolute atomic E-state index is 11.4. The molecule has 2 rings (SSSR count). The number of ketones is 1. The van der Waals surface area contributed by atoms with E-state index in [2.05, 4.69) is 5.10 Å². The lowest BCUT2D eigenvalue weighted by molar-refractivity contribution is -0.389. The van der Waals surface area contributed by atoms with Crippen LogP contribution >= 0.6 is 11.6 Å². The van der Waals surface area contributed by atoms with E-state index in [0.717, 1.165) is 12.8 Å². The normalized spacial score (nSPS) is 15.3. The zero-order chi connectivity index (χ0) is 11.0. The number of nitro groups is 1. The minimum atomic E-state index is -0.666. The second-order valence-electron chi connectivity index (χ2n) is 3.50. The van der Waals surface area contributed by atoms with Gasteiger partial charge in [-0.15, -0.1) is 0 Å². The molecular formula is C8H8ClN3O3. The third-order valence-corrected chi connectivity index (χ3v) is 2.49. The van der Waals surface area contributed by atoms with Gasteiger partial charge in [-0.3, -0.25) is 4.79 Å². The van der Waals surface area contributed by atoms with E-state index in [-0.39, 0.29) is 23.3 Å². The average Bonchev–Trinajstić information content (AvgIpc) is 2.91. The Balaban J connectivity index is 2.11. The first-order valence-corrected chi connectivity index (χ1v) is 4.86. The van der Waals surface area contributed by atoms with Crippen LogP contribution in [0.4, 0.5) is 5.82 Å². The molecule has 0 bridgehead atoms. The van der Waals surface area contributed by atoms with Crippen molar-refractivity contribution in [3.8, 4) is 0 Å². The molecule has 80 valence electrons. The highest BCUT2D eigenvalue weighted by Crippen LogP contribution is 2.30. The quantitative estimate of drug-likeness (QED) is 0.578. The van der Waals surface area contributed by atoms with Gasteiger partial charge in [0.05, 0.1) is 11.3 Å². The topological polar surface area (TPSA) is 78.0 Å². The number of aromatic nitrogens is 2. The molecule has 1 aliphatic rings. The predicted octanol–water partition coefficient (Wildman–Crippen LogP) is 1.42. The SMILES string of the molecule is O=C(Cn1cc(Cl)c([N+](=O)[O-])n1)C1CC1. The molecule has 0 radical (unpaired) electrons. The Morgan fingerprint density at radius 1 is 1.73 bits per heavy atom. The van der Waals surface area contributed by atoms with Crippen molar-refractivity contribution in [1.29, 1.82) is 0 Å². The highest BCUT2D eigenvalue weighted by atomic mass is 35.5. The van der Waals surface area contributed by atoms with E-state index in [9.17, 15) is 14.9 Å². The molecule has 0 N–H and O–H groups in total. The number of halogens is 1. The molecule has 15 heavy (non-hydrogen) atoms. The molecule has 1 saturated carbocycles. The Bertz CT molecular complexity index is 425. The van der Waals surface area contributed by atoms with E-state index in [1.807, 2.05) is 0 Å². The van der Waals surface area contributed by atoms with Gasteiger partial charge in [0.1, 0.15) is 6.54 Å². The molecule has 0 aliphatic heterocycles. The van der Waals surface area contributed by atoms with Crippen LogP contribution in [0.3, 0.4) is 0 Å². The third-order valence-electron chi connectivity index (χ3n) is 2.22. The highest BCUT2D eigenvalue weighted by molar-refractivity contribution is 6.32. The van der Waals surface area contributed by atoms with Gasteiger partial charge in [-0.05, 0) is 17.8 Å². The fourth-order valence-electron chi connectivity index (χ4n) is 1.29. The average molecular weight is 230 g/mol. The lowest BCUT2D eigenvalue weighted by atomic mass is 10.3. The highest BCUT2D eigenvalue weighted by Gasteiger charge is 2.31. The first-order valence-electron chi connectivity index (χ1n) is 4.48. The molecular weight excluding hydrogens is 222 g/mol. The zero-order valence-corrected chi connectivity index (χ0v) is 8.48. The maximum Gasteiger partial charge on any atom is 0.408 e. The molecule has 0 atom stereocenters. The number of rotatable bonds is 4. The number of carbonyl (C=O) groups is 1. The van der Waals surface area contributed by atoms with Crippen molar-refractivity contribution < 1.29 is 9.72 Å². The fourth-order valence-corrected chi connectivity index (χ4v) is 1.51. The molecule has 0 amide bonds. The van der Waals surface area contributed by atoms with Gasteiger partial charge in [0.25, 0.3) is 0 Å². The smallest absolute Gasteiger partial charge is 0.358 e. The van der Waals surface area contributed by atoms with Gasteiger partial charge in [-0.2, -0.15) is 4.68 Å². The molecule has 0 saturated heterocycles. The van der Waals surface area contributed by atoms with E-state index in [4.69, 9.17) is 11.6 Å². The van der Waals surface area contributed by atoms with Crippen molar-refractivity contribution in [2.45, 2.75) is 19.4 Å². The zero-order valence-electron chi connectivity index (χ0n) is 7.72. The summed E-state index contributed by atoms with van der Waals surface area (Å²) in [5.74, 6) is -0.226. The van der Waals surface area contributed by atoms with Crippen LogP contribution in [0.1, 0.15) is 12.8 Å². The minimum Gasteiger partial charge on any atom is -0.358 e. The third kappa shape index (κ3) is 2.15. The lowest BCUT2D eigenvalue weighted by Crippen LogP contribution is -2.12.